The zero-order valence-corrected chi connectivity index (χ0v) is 14.4. The van der Waals surface area contributed by atoms with Gasteiger partial charge in [-0.2, -0.15) is 0 Å². The van der Waals surface area contributed by atoms with Gasteiger partial charge in [-0.15, -0.1) is 0 Å². The molecule has 1 N–H and O–H groups in total. The maximum atomic E-state index is 3.77. The largest absolute Gasteiger partial charge is 0.311 e. The van der Waals surface area contributed by atoms with Gasteiger partial charge in [0, 0.05) is 12.1 Å². The molecule has 1 nitrogen and oxygen atoms in total. The number of nitrogens with one attached hydrogen (secondary N) is 1. The molecule has 0 bridgehead atoms. The van der Waals surface area contributed by atoms with Crippen LogP contribution in [0.3, 0.4) is 0 Å². The lowest BCUT2D eigenvalue weighted by molar-refractivity contribution is 0.323. The number of hydrogen-bond acceptors (Lipinski definition) is 1. The van der Waals surface area contributed by atoms with E-state index in [-0.39, 0.29) is 5.54 Å². The van der Waals surface area contributed by atoms with Crippen LogP contribution in [-0.2, 0) is 0 Å². The van der Waals surface area contributed by atoms with Gasteiger partial charge in [-0.05, 0) is 63.5 Å². The topological polar surface area (TPSA) is 12.0 Å². The first kappa shape index (κ1) is 16.5. The molecule has 0 heterocycles. The Labute approximate surface area is 131 Å². The zero-order chi connectivity index (χ0) is 15.3. The molecule has 0 spiro atoms. The lowest BCUT2D eigenvalue weighted by atomic mass is 9.79. The summed E-state index contributed by atoms with van der Waals surface area (Å²) < 4.78 is 0. The van der Waals surface area contributed by atoms with Crippen molar-refractivity contribution in [3.63, 3.8) is 0 Å². The summed E-state index contributed by atoms with van der Waals surface area (Å²) in [6, 6.07) is 9.01. The molecule has 0 aliphatic heterocycles. The molecule has 2 rings (SSSR count). The molecule has 0 radical (unpaired) electrons. The van der Waals surface area contributed by atoms with E-state index in [4.69, 9.17) is 0 Å². The average molecular weight is 287 g/mol. The van der Waals surface area contributed by atoms with Crippen LogP contribution >= 0.6 is 0 Å². The maximum absolute atomic E-state index is 3.77. The Morgan fingerprint density at radius 2 is 1.67 bits per heavy atom. The van der Waals surface area contributed by atoms with E-state index >= 15 is 0 Å². The average Bonchev–Trinajstić information content (AvgIpc) is 2.69. The minimum Gasteiger partial charge on any atom is -0.311 e. The molecular formula is C20H33N. The molecule has 118 valence electrons. The molecule has 1 aromatic carbocycles. The molecule has 1 fully saturated rings. The predicted octanol–water partition coefficient (Wildman–Crippen LogP) is 5.44. The molecule has 1 heteroatoms. The SMILES string of the molecule is Cc1ccccc1C(CNC(C)(C)C)C1CCCCCC1. The standard InChI is InChI=1S/C20H33N/c1-16-11-9-10-14-18(16)19(15-21-20(2,3)4)17-12-7-5-6-8-13-17/h9-11,14,17,19,21H,5-8,12-13,15H2,1-4H3. The summed E-state index contributed by atoms with van der Waals surface area (Å²) in [5.74, 6) is 1.52. The fourth-order valence-corrected chi connectivity index (χ4v) is 3.66. The van der Waals surface area contributed by atoms with E-state index in [9.17, 15) is 0 Å². The highest BCUT2D eigenvalue weighted by atomic mass is 14.9. The highest BCUT2D eigenvalue weighted by Crippen LogP contribution is 2.36. The van der Waals surface area contributed by atoms with Gasteiger partial charge < -0.3 is 5.32 Å². The van der Waals surface area contributed by atoms with E-state index in [1.54, 1.807) is 5.56 Å². The third-order valence-corrected chi connectivity index (χ3v) is 4.91. The fraction of sp³-hybridized carbons (Fsp3) is 0.700. The van der Waals surface area contributed by atoms with Gasteiger partial charge in [-0.1, -0.05) is 49.9 Å². The van der Waals surface area contributed by atoms with Crippen molar-refractivity contribution in [3.05, 3.63) is 35.4 Å². The molecule has 1 aliphatic carbocycles. The second-order valence-electron chi connectivity index (χ2n) is 7.85. The molecule has 1 aliphatic rings. The molecule has 0 amide bonds. The summed E-state index contributed by atoms with van der Waals surface area (Å²) in [5.41, 5.74) is 3.23. The third-order valence-electron chi connectivity index (χ3n) is 4.91. The van der Waals surface area contributed by atoms with Gasteiger partial charge in [0.25, 0.3) is 0 Å². The Balaban J connectivity index is 2.18. The highest BCUT2D eigenvalue weighted by molar-refractivity contribution is 5.30. The maximum Gasteiger partial charge on any atom is 0.00967 e. The quantitative estimate of drug-likeness (QED) is 0.727. The van der Waals surface area contributed by atoms with Crippen molar-refractivity contribution in [2.24, 2.45) is 5.92 Å². The van der Waals surface area contributed by atoms with Crippen LogP contribution in [0.15, 0.2) is 24.3 Å². The van der Waals surface area contributed by atoms with Gasteiger partial charge in [0.15, 0.2) is 0 Å². The molecule has 1 atom stereocenters. The van der Waals surface area contributed by atoms with E-state index < -0.39 is 0 Å². The van der Waals surface area contributed by atoms with Crippen LogP contribution < -0.4 is 5.32 Å². The van der Waals surface area contributed by atoms with E-state index in [1.807, 2.05) is 0 Å². The van der Waals surface area contributed by atoms with Gasteiger partial charge in [0.2, 0.25) is 0 Å². The Bertz CT molecular complexity index is 422. The monoisotopic (exact) mass is 287 g/mol. The Kier molecular flexibility index (Phi) is 5.87. The molecule has 0 saturated heterocycles. The van der Waals surface area contributed by atoms with Crippen LogP contribution in [0.4, 0.5) is 0 Å². The van der Waals surface area contributed by atoms with E-state index in [1.165, 1.54) is 44.1 Å². The summed E-state index contributed by atoms with van der Waals surface area (Å²) in [5, 5.41) is 3.77. The van der Waals surface area contributed by atoms with Gasteiger partial charge in [0.1, 0.15) is 0 Å². The van der Waals surface area contributed by atoms with Crippen molar-refractivity contribution >= 4 is 0 Å². The first-order chi connectivity index (χ1) is 9.97. The molecule has 1 unspecified atom stereocenters. The summed E-state index contributed by atoms with van der Waals surface area (Å²) in [6.45, 7) is 10.2. The van der Waals surface area contributed by atoms with E-state index in [0.717, 1.165) is 12.5 Å². The number of rotatable bonds is 4. The summed E-state index contributed by atoms with van der Waals surface area (Å²) in [6.07, 6.45) is 8.52. The van der Waals surface area contributed by atoms with Crippen LogP contribution in [0.25, 0.3) is 0 Å². The van der Waals surface area contributed by atoms with Crippen LogP contribution in [-0.4, -0.2) is 12.1 Å². The Morgan fingerprint density at radius 1 is 1.05 bits per heavy atom. The first-order valence-electron chi connectivity index (χ1n) is 8.78. The minimum absolute atomic E-state index is 0.200. The zero-order valence-electron chi connectivity index (χ0n) is 14.4. The molecule has 0 aromatic heterocycles. The molecular weight excluding hydrogens is 254 g/mol. The summed E-state index contributed by atoms with van der Waals surface area (Å²) in [7, 11) is 0. The molecule has 21 heavy (non-hydrogen) atoms. The van der Waals surface area contributed by atoms with Crippen molar-refractivity contribution in [1.29, 1.82) is 0 Å². The molecule has 1 saturated carbocycles. The lowest BCUT2D eigenvalue weighted by Gasteiger charge is -2.32. The number of aryl methyl sites for hydroxylation is 1. The van der Waals surface area contributed by atoms with Crippen LogP contribution in [0.5, 0.6) is 0 Å². The first-order valence-corrected chi connectivity index (χ1v) is 8.78. The van der Waals surface area contributed by atoms with Gasteiger partial charge in [-0.3, -0.25) is 0 Å². The van der Waals surface area contributed by atoms with Gasteiger partial charge >= 0.3 is 0 Å². The second-order valence-corrected chi connectivity index (χ2v) is 7.85. The van der Waals surface area contributed by atoms with Crippen molar-refractivity contribution in [1.82, 2.24) is 5.32 Å². The van der Waals surface area contributed by atoms with Gasteiger partial charge in [-0.25, -0.2) is 0 Å². The van der Waals surface area contributed by atoms with Crippen molar-refractivity contribution < 1.29 is 0 Å². The lowest BCUT2D eigenvalue weighted by Crippen LogP contribution is -2.40. The van der Waals surface area contributed by atoms with Crippen LogP contribution in [0, 0.1) is 12.8 Å². The number of benzene rings is 1. The Hall–Kier alpha value is -0.820. The van der Waals surface area contributed by atoms with E-state index in [2.05, 4.69) is 57.3 Å². The van der Waals surface area contributed by atoms with Crippen molar-refractivity contribution in [2.45, 2.75) is 77.7 Å². The smallest absolute Gasteiger partial charge is 0.00967 e. The predicted molar refractivity (Wildman–Crippen MR) is 92.9 cm³/mol. The Morgan fingerprint density at radius 3 is 2.24 bits per heavy atom. The summed E-state index contributed by atoms with van der Waals surface area (Å²) in [4.78, 5) is 0. The summed E-state index contributed by atoms with van der Waals surface area (Å²) >= 11 is 0. The fourth-order valence-electron chi connectivity index (χ4n) is 3.66. The highest BCUT2D eigenvalue weighted by Gasteiger charge is 2.26. The van der Waals surface area contributed by atoms with Gasteiger partial charge in [0.05, 0.1) is 0 Å². The van der Waals surface area contributed by atoms with Crippen molar-refractivity contribution in [3.8, 4) is 0 Å². The molecule has 1 aromatic rings. The number of hydrogen-bond donors (Lipinski definition) is 1. The second kappa shape index (κ2) is 7.45. The normalized spacial score (nSPS) is 19.2. The van der Waals surface area contributed by atoms with Crippen molar-refractivity contribution in [2.75, 3.05) is 6.54 Å². The van der Waals surface area contributed by atoms with Crippen LogP contribution in [0.2, 0.25) is 0 Å². The minimum atomic E-state index is 0.200. The van der Waals surface area contributed by atoms with Crippen LogP contribution in [0.1, 0.15) is 76.3 Å². The third kappa shape index (κ3) is 5.14. The van der Waals surface area contributed by atoms with E-state index in [0.29, 0.717) is 5.92 Å².